The van der Waals surface area contributed by atoms with Crippen LogP contribution < -0.4 is 0 Å². The van der Waals surface area contributed by atoms with Crippen LogP contribution in [0.3, 0.4) is 0 Å². The number of hydrogen-bond acceptors (Lipinski definition) is 5. The molecule has 2 rings (SSSR count). The summed E-state index contributed by atoms with van der Waals surface area (Å²) in [5.74, 6) is -1.17. The lowest BCUT2D eigenvalue weighted by molar-refractivity contribution is 0.0686. The molecule has 0 saturated carbocycles. The fraction of sp³-hybridized carbons (Fsp3) is 0.125. The number of Topliss-reactive ketones (excluding diaryl/α,β-unsaturated/α-hetero) is 1. The van der Waals surface area contributed by atoms with Gasteiger partial charge in [-0.1, -0.05) is 19.1 Å². The highest BCUT2D eigenvalue weighted by Crippen LogP contribution is 2.25. The summed E-state index contributed by atoms with van der Waals surface area (Å²) in [6.07, 6.45) is 1.77. The van der Waals surface area contributed by atoms with Gasteiger partial charge in [-0.15, -0.1) is 0 Å². The van der Waals surface area contributed by atoms with Crippen molar-refractivity contribution in [3.8, 4) is 0 Å². The average Bonchev–Trinajstić information content (AvgIpc) is 2.54. The van der Waals surface area contributed by atoms with E-state index in [0.717, 1.165) is 11.8 Å². The van der Waals surface area contributed by atoms with Crippen LogP contribution in [0.5, 0.6) is 0 Å². The molecule has 22 heavy (non-hydrogen) atoms. The van der Waals surface area contributed by atoms with Crippen LogP contribution in [0, 0.1) is 0 Å². The van der Waals surface area contributed by atoms with Gasteiger partial charge in [-0.2, -0.15) is 0 Å². The smallest absolute Gasteiger partial charge is 0.355 e. The van der Waals surface area contributed by atoms with E-state index in [0.29, 0.717) is 17.5 Å². The van der Waals surface area contributed by atoms with Gasteiger partial charge in [0.2, 0.25) is 5.12 Å². The van der Waals surface area contributed by atoms with Gasteiger partial charge in [0.05, 0.1) is 0 Å². The summed E-state index contributed by atoms with van der Waals surface area (Å²) >= 11 is 0.804. The number of pyridine rings is 1. The molecule has 0 radical (unpaired) electrons. The lowest BCUT2D eigenvalue weighted by Gasteiger charge is -2.04. The fourth-order valence-electron chi connectivity index (χ4n) is 1.79. The lowest BCUT2D eigenvalue weighted by Crippen LogP contribution is -2.04. The van der Waals surface area contributed by atoms with Gasteiger partial charge in [0, 0.05) is 28.6 Å². The van der Waals surface area contributed by atoms with Crippen LogP contribution in [-0.2, 0) is 0 Å². The van der Waals surface area contributed by atoms with Crippen LogP contribution in [-0.4, -0.2) is 27.0 Å². The monoisotopic (exact) mass is 315 g/mol. The van der Waals surface area contributed by atoms with E-state index in [-0.39, 0.29) is 21.5 Å². The number of carboxylic acids is 1. The first-order chi connectivity index (χ1) is 10.5. The number of ketones is 1. The number of aromatic carboxylic acids is 1. The summed E-state index contributed by atoms with van der Waals surface area (Å²) in [5, 5.41) is 8.75. The molecular weight excluding hydrogens is 302 g/mol. The first kappa shape index (κ1) is 15.9. The fourth-order valence-corrected chi connectivity index (χ4v) is 2.63. The van der Waals surface area contributed by atoms with Crippen LogP contribution in [0.2, 0.25) is 0 Å². The molecule has 0 bridgehead atoms. The molecule has 0 saturated heterocycles. The molecule has 0 spiro atoms. The van der Waals surface area contributed by atoms with E-state index in [1.54, 1.807) is 37.3 Å². The van der Waals surface area contributed by atoms with E-state index in [2.05, 4.69) is 4.98 Å². The maximum atomic E-state index is 12.2. The number of hydrogen-bond donors (Lipinski definition) is 1. The largest absolute Gasteiger partial charge is 0.476 e. The highest BCUT2D eigenvalue weighted by atomic mass is 32.2. The second-order valence-corrected chi connectivity index (χ2v) is 5.41. The Hall–Kier alpha value is -2.47. The normalized spacial score (nSPS) is 10.2. The van der Waals surface area contributed by atoms with Gasteiger partial charge in [0.25, 0.3) is 0 Å². The van der Waals surface area contributed by atoms with E-state index >= 15 is 0 Å². The molecule has 112 valence electrons. The van der Waals surface area contributed by atoms with Crippen LogP contribution in [0.15, 0.2) is 47.5 Å². The Balaban J connectivity index is 2.19. The summed E-state index contributed by atoms with van der Waals surface area (Å²) < 4.78 is 0. The van der Waals surface area contributed by atoms with Gasteiger partial charge in [0.15, 0.2) is 11.5 Å². The number of aromatic nitrogens is 1. The minimum absolute atomic E-state index is 0.00655. The molecule has 0 aliphatic rings. The van der Waals surface area contributed by atoms with Crippen LogP contribution in [0.4, 0.5) is 0 Å². The van der Waals surface area contributed by atoms with Crippen LogP contribution in [0.1, 0.15) is 44.5 Å². The third-order valence-electron chi connectivity index (χ3n) is 2.94. The predicted molar refractivity (Wildman–Crippen MR) is 82.4 cm³/mol. The number of carbonyl (C=O) groups excluding carboxylic acids is 2. The van der Waals surface area contributed by atoms with Gasteiger partial charge in [-0.05, 0) is 36.0 Å². The topological polar surface area (TPSA) is 84.3 Å². The van der Waals surface area contributed by atoms with Crippen LogP contribution >= 0.6 is 11.8 Å². The van der Waals surface area contributed by atoms with E-state index in [1.165, 1.54) is 12.3 Å². The third kappa shape index (κ3) is 3.59. The first-order valence-corrected chi connectivity index (χ1v) is 7.38. The minimum atomic E-state index is -1.18. The molecule has 1 heterocycles. The predicted octanol–water partition coefficient (Wildman–Crippen LogP) is 3.31. The number of nitrogens with zero attached hydrogens (tertiary/aromatic N) is 1. The molecule has 0 atom stereocenters. The van der Waals surface area contributed by atoms with Gasteiger partial charge >= 0.3 is 5.97 Å². The molecule has 6 heteroatoms. The number of rotatable bonds is 5. The zero-order valence-corrected chi connectivity index (χ0v) is 12.6. The number of carboxylic acid groups (broad SMARTS) is 1. The lowest BCUT2D eigenvalue weighted by atomic mass is 10.1. The highest BCUT2D eigenvalue weighted by molar-refractivity contribution is 8.14. The maximum Gasteiger partial charge on any atom is 0.355 e. The third-order valence-corrected chi connectivity index (χ3v) is 3.91. The van der Waals surface area contributed by atoms with Crippen molar-refractivity contribution in [3.05, 3.63) is 59.4 Å². The first-order valence-electron chi connectivity index (χ1n) is 6.56. The number of thioether (sulfide) groups is 1. The summed E-state index contributed by atoms with van der Waals surface area (Å²) in [4.78, 5) is 38.8. The Morgan fingerprint density at radius 1 is 1.09 bits per heavy atom. The molecule has 1 aromatic heterocycles. The Morgan fingerprint density at radius 3 is 2.32 bits per heavy atom. The molecule has 0 aliphatic carbocycles. The zero-order chi connectivity index (χ0) is 16.1. The number of benzene rings is 1. The zero-order valence-electron chi connectivity index (χ0n) is 11.8. The van der Waals surface area contributed by atoms with Crippen molar-refractivity contribution in [1.82, 2.24) is 4.98 Å². The summed E-state index contributed by atoms with van der Waals surface area (Å²) in [7, 11) is 0. The highest BCUT2D eigenvalue weighted by Gasteiger charge is 2.16. The summed E-state index contributed by atoms with van der Waals surface area (Å²) in [5.41, 5.74) is 0.799. The minimum Gasteiger partial charge on any atom is -0.476 e. The van der Waals surface area contributed by atoms with Crippen molar-refractivity contribution in [2.45, 2.75) is 18.2 Å². The second kappa shape index (κ2) is 7.00. The summed E-state index contributed by atoms with van der Waals surface area (Å²) in [6, 6.07) is 9.44. The van der Waals surface area contributed by atoms with E-state index in [1.807, 2.05) is 0 Å². The van der Waals surface area contributed by atoms with Crippen molar-refractivity contribution in [2.24, 2.45) is 0 Å². The van der Waals surface area contributed by atoms with Crippen molar-refractivity contribution in [3.63, 3.8) is 0 Å². The number of carbonyl (C=O) groups is 3. The molecule has 0 fully saturated rings. The van der Waals surface area contributed by atoms with Crippen molar-refractivity contribution >= 4 is 28.6 Å². The standard InChI is InChI=1S/C16H13NO4S/c1-2-12(18)10-5-7-11(8-6-10)16(21)22-13-4-3-9-17-14(13)15(19)20/h3-9H,2H2,1H3,(H,19,20). The second-order valence-electron chi connectivity index (χ2n) is 4.40. The molecule has 2 aromatic rings. The van der Waals surface area contributed by atoms with Crippen molar-refractivity contribution < 1.29 is 19.5 Å². The SMILES string of the molecule is CCC(=O)c1ccc(C(=O)Sc2cccnc2C(=O)O)cc1. The van der Waals surface area contributed by atoms with Crippen molar-refractivity contribution in [2.75, 3.05) is 0 Å². The van der Waals surface area contributed by atoms with Gasteiger partial charge in [0.1, 0.15) is 0 Å². The molecular formula is C16H13NO4S. The Morgan fingerprint density at radius 2 is 1.73 bits per heavy atom. The Kier molecular flexibility index (Phi) is 5.06. The molecule has 1 aromatic carbocycles. The van der Waals surface area contributed by atoms with Crippen LogP contribution in [0.25, 0.3) is 0 Å². The Labute approximate surface area is 131 Å². The molecule has 5 nitrogen and oxygen atoms in total. The average molecular weight is 315 g/mol. The van der Waals surface area contributed by atoms with Gasteiger partial charge in [-0.25, -0.2) is 9.78 Å². The van der Waals surface area contributed by atoms with Gasteiger partial charge in [-0.3, -0.25) is 9.59 Å². The quantitative estimate of drug-likeness (QED) is 0.673. The molecule has 0 unspecified atom stereocenters. The summed E-state index contributed by atoms with van der Waals surface area (Å²) in [6.45, 7) is 1.77. The molecule has 0 aliphatic heterocycles. The van der Waals surface area contributed by atoms with Gasteiger partial charge < -0.3 is 5.11 Å². The molecule has 0 amide bonds. The van der Waals surface area contributed by atoms with E-state index in [9.17, 15) is 14.4 Å². The molecule has 1 N–H and O–H groups in total. The van der Waals surface area contributed by atoms with E-state index < -0.39 is 5.97 Å². The maximum absolute atomic E-state index is 12.2. The Bertz CT molecular complexity index is 725. The van der Waals surface area contributed by atoms with Crippen molar-refractivity contribution in [1.29, 1.82) is 0 Å². The van der Waals surface area contributed by atoms with E-state index in [4.69, 9.17) is 5.11 Å².